The smallest absolute Gasteiger partial charge is 0.341 e. The van der Waals surface area contributed by atoms with Crippen molar-refractivity contribution in [2.75, 3.05) is 5.73 Å². The van der Waals surface area contributed by atoms with Crippen molar-refractivity contribution in [3.63, 3.8) is 0 Å². The first-order valence-electron chi connectivity index (χ1n) is 5.97. The van der Waals surface area contributed by atoms with Crippen LogP contribution in [0.4, 0.5) is 5.69 Å². The second-order valence-corrected chi connectivity index (χ2v) is 5.58. The van der Waals surface area contributed by atoms with E-state index in [1.165, 1.54) is 12.3 Å². The minimum Gasteiger partial charge on any atom is -0.477 e. The molecule has 0 atom stereocenters. The largest absolute Gasteiger partial charge is 0.477 e. The molecule has 0 radical (unpaired) electrons. The van der Waals surface area contributed by atoms with Gasteiger partial charge in [0.25, 0.3) is 0 Å². The van der Waals surface area contributed by atoms with E-state index >= 15 is 0 Å². The summed E-state index contributed by atoms with van der Waals surface area (Å²) < 4.78 is 1.72. The fourth-order valence-electron chi connectivity index (χ4n) is 2.25. The molecule has 1 aromatic heterocycles. The lowest BCUT2D eigenvalue weighted by molar-refractivity contribution is 0.0695. The van der Waals surface area contributed by atoms with Gasteiger partial charge in [0.05, 0.1) is 21.2 Å². The van der Waals surface area contributed by atoms with E-state index in [9.17, 15) is 9.59 Å². The van der Waals surface area contributed by atoms with E-state index < -0.39 is 11.4 Å². The summed E-state index contributed by atoms with van der Waals surface area (Å²) in [5.41, 5.74) is 5.54. The fraction of sp³-hybridized carbons (Fsp3) is 0.231. The monoisotopic (exact) mass is 312 g/mol. The predicted octanol–water partition coefficient (Wildman–Crippen LogP) is 2.92. The molecule has 0 bridgehead atoms. The minimum atomic E-state index is -1.27. The number of halogens is 2. The number of benzene rings is 1. The normalized spacial score (nSPS) is 14.7. The number of aromatic nitrogens is 1. The summed E-state index contributed by atoms with van der Waals surface area (Å²) in [6, 6.07) is 1.53. The number of nitrogens with two attached hydrogens (primary N) is 1. The summed E-state index contributed by atoms with van der Waals surface area (Å²) in [5, 5.41) is 9.65. The first kappa shape index (κ1) is 13.3. The van der Waals surface area contributed by atoms with Gasteiger partial charge in [-0.2, -0.15) is 0 Å². The molecule has 1 heterocycles. The molecule has 0 spiro atoms. The molecule has 1 saturated carbocycles. The van der Waals surface area contributed by atoms with Crippen molar-refractivity contribution in [3.8, 4) is 0 Å². The highest BCUT2D eigenvalue weighted by molar-refractivity contribution is 6.42. The molecule has 104 valence electrons. The number of carbonyl (C=O) groups is 1. The molecule has 0 amide bonds. The third-order valence-corrected chi connectivity index (χ3v) is 4.11. The molecule has 0 aliphatic heterocycles. The Bertz CT molecular complexity index is 810. The molecule has 5 nitrogen and oxygen atoms in total. The zero-order valence-corrected chi connectivity index (χ0v) is 11.7. The average molecular weight is 313 g/mol. The van der Waals surface area contributed by atoms with Crippen LogP contribution in [-0.2, 0) is 0 Å². The van der Waals surface area contributed by atoms with E-state index in [1.54, 1.807) is 4.57 Å². The summed E-state index contributed by atoms with van der Waals surface area (Å²) in [6.07, 6.45) is 3.16. The van der Waals surface area contributed by atoms with Crippen LogP contribution in [0.1, 0.15) is 29.2 Å². The molecular formula is C13H10Cl2N2O3. The number of fused-ring (bicyclic) bond motifs is 1. The minimum absolute atomic E-state index is 0.143. The van der Waals surface area contributed by atoms with Crippen molar-refractivity contribution >= 4 is 45.8 Å². The Hall–Kier alpha value is -1.72. The Morgan fingerprint density at radius 2 is 2.05 bits per heavy atom. The van der Waals surface area contributed by atoms with Gasteiger partial charge in [0.15, 0.2) is 0 Å². The molecule has 7 heteroatoms. The van der Waals surface area contributed by atoms with E-state index in [4.69, 9.17) is 34.0 Å². The Morgan fingerprint density at radius 1 is 1.40 bits per heavy atom. The molecule has 20 heavy (non-hydrogen) atoms. The topological polar surface area (TPSA) is 85.3 Å². The third kappa shape index (κ3) is 1.85. The quantitative estimate of drug-likeness (QED) is 0.835. The molecular weight excluding hydrogens is 303 g/mol. The van der Waals surface area contributed by atoms with Crippen LogP contribution >= 0.6 is 23.2 Å². The zero-order valence-electron chi connectivity index (χ0n) is 10.2. The van der Waals surface area contributed by atoms with Gasteiger partial charge in [-0.05, 0) is 18.9 Å². The Labute approximate surface area is 123 Å². The van der Waals surface area contributed by atoms with Crippen LogP contribution in [-0.4, -0.2) is 15.6 Å². The number of carboxylic acid groups (broad SMARTS) is 1. The maximum atomic E-state index is 12.2. The number of rotatable bonds is 2. The van der Waals surface area contributed by atoms with Gasteiger partial charge in [0.1, 0.15) is 5.56 Å². The Balaban J connectivity index is 2.52. The molecule has 2 aromatic rings. The van der Waals surface area contributed by atoms with Crippen LogP contribution in [0.15, 0.2) is 17.1 Å². The lowest BCUT2D eigenvalue weighted by Crippen LogP contribution is -2.19. The summed E-state index contributed by atoms with van der Waals surface area (Å²) in [4.78, 5) is 23.4. The van der Waals surface area contributed by atoms with Crippen LogP contribution in [0, 0.1) is 0 Å². The molecule has 3 rings (SSSR count). The predicted molar refractivity (Wildman–Crippen MR) is 77.9 cm³/mol. The first-order chi connectivity index (χ1) is 9.41. The maximum Gasteiger partial charge on any atom is 0.341 e. The number of pyridine rings is 1. The fourth-order valence-corrected chi connectivity index (χ4v) is 2.80. The molecule has 1 aromatic carbocycles. The van der Waals surface area contributed by atoms with Crippen molar-refractivity contribution in [1.82, 2.24) is 4.57 Å². The second-order valence-electron chi connectivity index (χ2n) is 4.80. The van der Waals surface area contributed by atoms with Crippen LogP contribution in [0.5, 0.6) is 0 Å². The van der Waals surface area contributed by atoms with Crippen LogP contribution < -0.4 is 11.2 Å². The number of hydrogen-bond donors (Lipinski definition) is 2. The van der Waals surface area contributed by atoms with E-state index in [-0.39, 0.29) is 32.7 Å². The highest BCUT2D eigenvalue weighted by Gasteiger charge is 2.28. The maximum absolute atomic E-state index is 12.2. The summed E-state index contributed by atoms with van der Waals surface area (Å²) >= 11 is 12.1. The van der Waals surface area contributed by atoms with Gasteiger partial charge < -0.3 is 15.4 Å². The summed E-state index contributed by atoms with van der Waals surface area (Å²) in [6.45, 7) is 0. The van der Waals surface area contributed by atoms with Gasteiger partial charge in [-0.1, -0.05) is 23.2 Å². The van der Waals surface area contributed by atoms with Gasteiger partial charge in [-0.15, -0.1) is 0 Å². The lowest BCUT2D eigenvalue weighted by atomic mass is 10.1. The van der Waals surface area contributed by atoms with Crippen LogP contribution in [0.2, 0.25) is 10.0 Å². The number of aromatic carboxylic acids is 1. The number of hydrogen-bond acceptors (Lipinski definition) is 3. The first-order valence-corrected chi connectivity index (χ1v) is 6.73. The van der Waals surface area contributed by atoms with Crippen molar-refractivity contribution in [2.24, 2.45) is 0 Å². The van der Waals surface area contributed by atoms with Crippen molar-refractivity contribution in [2.45, 2.75) is 18.9 Å². The molecule has 0 saturated heterocycles. The van der Waals surface area contributed by atoms with Gasteiger partial charge in [-0.25, -0.2) is 4.79 Å². The highest BCUT2D eigenvalue weighted by atomic mass is 35.5. The van der Waals surface area contributed by atoms with Crippen LogP contribution in [0.3, 0.4) is 0 Å². The highest BCUT2D eigenvalue weighted by Crippen LogP contribution is 2.41. The second kappa shape index (κ2) is 4.40. The van der Waals surface area contributed by atoms with Crippen molar-refractivity contribution < 1.29 is 9.90 Å². The number of nitrogens with zero attached hydrogens (tertiary/aromatic N) is 1. The van der Waals surface area contributed by atoms with Crippen molar-refractivity contribution in [3.05, 3.63) is 38.1 Å². The average Bonchev–Trinajstić information content (AvgIpc) is 3.21. The number of carboxylic acids is 1. The van der Waals surface area contributed by atoms with E-state index in [0.29, 0.717) is 5.52 Å². The molecule has 3 N–H and O–H groups in total. The standard InChI is InChI=1S/C13H10Cl2N2O3/c14-8-3-6-11(9(15)10(8)16)17(5-1-2-5)4-7(12(6)18)13(19)20/h3-5H,1-2,16H2,(H,19,20). The molecule has 0 unspecified atom stereocenters. The van der Waals surface area contributed by atoms with Gasteiger partial charge >= 0.3 is 5.97 Å². The third-order valence-electron chi connectivity index (χ3n) is 3.41. The lowest BCUT2D eigenvalue weighted by Gasteiger charge is -2.14. The van der Waals surface area contributed by atoms with Crippen molar-refractivity contribution in [1.29, 1.82) is 0 Å². The summed E-state index contributed by atoms with van der Waals surface area (Å²) in [7, 11) is 0. The van der Waals surface area contributed by atoms with Gasteiger partial charge in [0, 0.05) is 17.6 Å². The van der Waals surface area contributed by atoms with Gasteiger partial charge in [0.2, 0.25) is 5.43 Å². The molecule has 1 aliphatic rings. The Kier molecular flexibility index (Phi) is 2.92. The molecule has 1 aliphatic carbocycles. The molecule has 1 fully saturated rings. The number of nitrogen functional groups attached to an aromatic ring is 1. The van der Waals surface area contributed by atoms with Crippen LogP contribution in [0.25, 0.3) is 10.9 Å². The van der Waals surface area contributed by atoms with Gasteiger partial charge in [-0.3, -0.25) is 4.79 Å². The van der Waals surface area contributed by atoms with E-state index in [0.717, 1.165) is 12.8 Å². The summed E-state index contributed by atoms with van der Waals surface area (Å²) in [5.74, 6) is -1.27. The number of anilines is 1. The van der Waals surface area contributed by atoms with E-state index in [1.807, 2.05) is 0 Å². The zero-order chi connectivity index (χ0) is 14.6. The SMILES string of the molecule is Nc1c(Cl)cc2c(=O)c(C(=O)O)cn(C3CC3)c2c1Cl. The Morgan fingerprint density at radius 3 is 2.60 bits per heavy atom. The van der Waals surface area contributed by atoms with E-state index in [2.05, 4.69) is 0 Å².